The van der Waals surface area contributed by atoms with Crippen molar-refractivity contribution < 1.29 is 22.3 Å². The van der Waals surface area contributed by atoms with Crippen molar-refractivity contribution in [2.75, 3.05) is 6.61 Å². The van der Waals surface area contributed by atoms with E-state index in [2.05, 4.69) is 17.2 Å². The molecule has 0 aliphatic carbocycles. The van der Waals surface area contributed by atoms with E-state index < -0.39 is 34.3 Å². The molecule has 1 saturated heterocycles. The molecule has 30 heavy (non-hydrogen) atoms. The standard InChI is InChI=1S/C22H18ClF4NOS/c1-20(2)22(26,27)21(3,28-19(30)12-29-20)16-10-14(17(24)11-18(16)25)8-7-13-5-4-6-15(23)9-13/h4-6,9-11H,12H2,1-3H3,(H,28,30)/t21-/m1/s1. The molecule has 0 amide bonds. The van der Waals surface area contributed by atoms with Crippen LogP contribution in [0.25, 0.3) is 0 Å². The number of hydrogen-bond donors (Lipinski definition) is 1. The molecule has 1 N–H and O–H groups in total. The number of rotatable bonds is 1. The zero-order valence-corrected chi connectivity index (χ0v) is 17.9. The monoisotopic (exact) mass is 455 g/mol. The van der Waals surface area contributed by atoms with Crippen molar-refractivity contribution in [2.45, 2.75) is 37.8 Å². The van der Waals surface area contributed by atoms with Crippen molar-refractivity contribution in [1.29, 1.82) is 0 Å². The van der Waals surface area contributed by atoms with Gasteiger partial charge in [-0.1, -0.05) is 41.7 Å². The SMILES string of the molecule is CC1(C)OCC(=S)N[C@](C)(c2cc(C#Cc3cccc(Cl)c3)c(F)cc2F)C1(F)F. The first-order valence-corrected chi connectivity index (χ1v) is 9.76. The van der Waals surface area contributed by atoms with Crippen molar-refractivity contribution in [1.82, 2.24) is 5.32 Å². The zero-order valence-electron chi connectivity index (χ0n) is 16.4. The fourth-order valence-electron chi connectivity index (χ4n) is 3.30. The summed E-state index contributed by atoms with van der Waals surface area (Å²) in [4.78, 5) is -0.0157. The van der Waals surface area contributed by atoms with E-state index in [1.165, 1.54) is 13.8 Å². The predicted molar refractivity (Wildman–Crippen MR) is 112 cm³/mol. The van der Waals surface area contributed by atoms with Crippen LogP contribution in [0.1, 0.15) is 37.5 Å². The molecule has 1 fully saturated rings. The average molecular weight is 456 g/mol. The molecule has 1 heterocycles. The Morgan fingerprint density at radius 1 is 1.07 bits per heavy atom. The molecule has 3 rings (SSSR count). The maximum absolute atomic E-state index is 15.5. The highest BCUT2D eigenvalue weighted by atomic mass is 35.5. The van der Waals surface area contributed by atoms with Crippen LogP contribution in [0.5, 0.6) is 0 Å². The topological polar surface area (TPSA) is 21.3 Å². The van der Waals surface area contributed by atoms with Gasteiger partial charge in [-0.15, -0.1) is 0 Å². The zero-order chi connectivity index (χ0) is 22.3. The van der Waals surface area contributed by atoms with Gasteiger partial charge < -0.3 is 10.1 Å². The Morgan fingerprint density at radius 3 is 2.43 bits per heavy atom. The summed E-state index contributed by atoms with van der Waals surface area (Å²) in [6.45, 7) is 3.25. The van der Waals surface area contributed by atoms with Crippen LogP contribution < -0.4 is 5.32 Å². The van der Waals surface area contributed by atoms with Crippen molar-refractivity contribution in [3.8, 4) is 11.8 Å². The van der Waals surface area contributed by atoms with Crippen molar-refractivity contribution in [3.63, 3.8) is 0 Å². The summed E-state index contributed by atoms with van der Waals surface area (Å²) in [6.07, 6.45) is 0. The Morgan fingerprint density at radius 2 is 1.77 bits per heavy atom. The Bertz CT molecular complexity index is 1080. The summed E-state index contributed by atoms with van der Waals surface area (Å²) in [5, 5.41) is 2.95. The van der Waals surface area contributed by atoms with Crippen molar-refractivity contribution >= 4 is 28.8 Å². The Balaban J connectivity index is 2.16. The van der Waals surface area contributed by atoms with Gasteiger partial charge in [0.2, 0.25) is 0 Å². The molecular weight excluding hydrogens is 438 g/mol. The Hall–Kier alpha value is -2.14. The van der Waals surface area contributed by atoms with Crippen LogP contribution in [0.4, 0.5) is 17.6 Å². The van der Waals surface area contributed by atoms with E-state index in [1.54, 1.807) is 24.3 Å². The van der Waals surface area contributed by atoms with E-state index in [0.29, 0.717) is 16.7 Å². The molecule has 0 bridgehead atoms. The van der Waals surface area contributed by atoms with Gasteiger partial charge in [-0.05, 0) is 45.0 Å². The van der Waals surface area contributed by atoms with Gasteiger partial charge in [-0.3, -0.25) is 0 Å². The minimum Gasteiger partial charge on any atom is -0.363 e. The Labute approximate surface area is 182 Å². The maximum Gasteiger partial charge on any atom is 0.302 e. The molecule has 1 aliphatic rings. The third kappa shape index (κ3) is 3.92. The summed E-state index contributed by atoms with van der Waals surface area (Å²) in [6, 6.07) is 8.06. The summed E-state index contributed by atoms with van der Waals surface area (Å²) >= 11 is 11.0. The number of ether oxygens (including phenoxy) is 1. The number of thiocarbonyl (C=S) groups is 1. The van der Waals surface area contributed by atoms with Gasteiger partial charge in [0.05, 0.1) is 12.2 Å². The molecule has 0 saturated carbocycles. The summed E-state index contributed by atoms with van der Waals surface area (Å²) < 4.78 is 65.4. The van der Waals surface area contributed by atoms with Gasteiger partial charge in [-0.2, -0.15) is 0 Å². The summed E-state index contributed by atoms with van der Waals surface area (Å²) in [5.41, 5.74) is -4.48. The highest BCUT2D eigenvalue weighted by molar-refractivity contribution is 7.80. The average Bonchev–Trinajstić information content (AvgIpc) is 2.70. The van der Waals surface area contributed by atoms with Gasteiger partial charge in [-0.25, -0.2) is 17.6 Å². The van der Waals surface area contributed by atoms with E-state index in [-0.39, 0.29) is 17.2 Å². The number of halogens is 5. The maximum atomic E-state index is 15.5. The molecule has 8 heteroatoms. The smallest absolute Gasteiger partial charge is 0.302 e. The predicted octanol–water partition coefficient (Wildman–Crippen LogP) is 5.59. The third-order valence-corrected chi connectivity index (χ3v) is 5.55. The highest BCUT2D eigenvalue weighted by Crippen LogP contribution is 2.48. The van der Waals surface area contributed by atoms with Crippen LogP contribution in [-0.4, -0.2) is 23.1 Å². The molecule has 0 spiro atoms. The molecule has 2 nitrogen and oxygen atoms in total. The lowest BCUT2D eigenvalue weighted by molar-refractivity contribution is -0.216. The van der Waals surface area contributed by atoms with Crippen LogP contribution in [0.2, 0.25) is 5.02 Å². The molecule has 0 radical (unpaired) electrons. The van der Waals surface area contributed by atoms with Crippen molar-refractivity contribution in [3.05, 3.63) is 69.7 Å². The van der Waals surface area contributed by atoms with Crippen molar-refractivity contribution in [2.24, 2.45) is 0 Å². The van der Waals surface area contributed by atoms with Gasteiger partial charge in [0.25, 0.3) is 0 Å². The van der Waals surface area contributed by atoms with E-state index in [1.807, 2.05) is 0 Å². The Kier molecular flexibility index (Phi) is 5.89. The van der Waals surface area contributed by atoms with E-state index in [4.69, 9.17) is 28.6 Å². The largest absolute Gasteiger partial charge is 0.363 e. The van der Waals surface area contributed by atoms with Crippen LogP contribution in [0.3, 0.4) is 0 Å². The highest BCUT2D eigenvalue weighted by Gasteiger charge is 2.64. The van der Waals surface area contributed by atoms with Crippen LogP contribution in [-0.2, 0) is 10.3 Å². The second-order valence-corrected chi connectivity index (χ2v) is 8.55. The lowest BCUT2D eigenvalue weighted by atomic mass is 9.77. The molecule has 2 aromatic carbocycles. The van der Waals surface area contributed by atoms with Crippen LogP contribution >= 0.6 is 23.8 Å². The molecular formula is C22H18ClF4NOS. The molecule has 0 aromatic heterocycles. The summed E-state index contributed by atoms with van der Waals surface area (Å²) in [5.74, 6) is -0.449. The molecule has 2 aromatic rings. The van der Waals surface area contributed by atoms with E-state index in [9.17, 15) is 8.78 Å². The molecule has 158 valence electrons. The normalized spacial score (nSPS) is 22.5. The number of hydrogen-bond acceptors (Lipinski definition) is 2. The van der Waals surface area contributed by atoms with E-state index in [0.717, 1.165) is 13.0 Å². The van der Waals surface area contributed by atoms with Gasteiger partial charge >= 0.3 is 5.92 Å². The second kappa shape index (κ2) is 7.84. The first-order chi connectivity index (χ1) is 13.9. The number of nitrogens with one attached hydrogen (secondary N) is 1. The molecule has 0 unspecified atom stereocenters. The van der Waals surface area contributed by atoms with E-state index >= 15 is 8.78 Å². The third-order valence-electron chi connectivity index (χ3n) is 5.10. The van der Waals surface area contributed by atoms with Gasteiger partial charge in [0, 0.05) is 22.2 Å². The molecule has 1 aliphatic heterocycles. The first kappa shape index (κ1) is 22.5. The molecule has 1 atom stereocenters. The quantitative estimate of drug-likeness (QED) is 0.344. The lowest BCUT2D eigenvalue weighted by Crippen LogP contribution is -2.62. The second-order valence-electron chi connectivity index (χ2n) is 7.62. The first-order valence-electron chi connectivity index (χ1n) is 8.97. The minimum atomic E-state index is -3.61. The van der Waals surface area contributed by atoms with Gasteiger partial charge in [0.1, 0.15) is 27.8 Å². The van der Waals surface area contributed by atoms with Crippen LogP contribution in [0.15, 0.2) is 36.4 Å². The number of benzene rings is 2. The number of alkyl halides is 2. The lowest BCUT2D eigenvalue weighted by Gasteiger charge is -2.44. The van der Waals surface area contributed by atoms with Gasteiger partial charge in [0.15, 0.2) is 0 Å². The summed E-state index contributed by atoms with van der Waals surface area (Å²) in [7, 11) is 0. The van der Waals surface area contributed by atoms with Crippen LogP contribution in [0, 0.1) is 23.5 Å². The minimum absolute atomic E-state index is 0.0157. The fourth-order valence-corrected chi connectivity index (χ4v) is 3.76. The fraction of sp³-hybridized carbons (Fsp3) is 0.318.